The highest BCUT2D eigenvalue weighted by Crippen LogP contribution is 2.27. The van der Waals surface area contributed by atoms with E-state index in [9.17, 15) is 4.79 Å². The highest BCUT2D eigenvalue weighted by molar-refractivity contribution is 5.68. The van der Waals surface area contributed by atoms with Gasteiger partial charge in [-0.15, -0.1) is 0 Å². The molecular formula is C8H13NO3. The van der Waals surface area contributed by atoms with Crippen molar-refractivity contribution in [2.45, 2.75) is 25.5 Å². The van der Waals surface area contributed by atoms with Gasteiger partial charge in [-0.25, -0.2) is 4.79 Å². The number of amides is 1. The van der Waals surface area contributed by atoms with E-state index in [2.05, 4.69) is 0 Å². The molecule has 2 rings (SSSR count). The van der Waals surface area contributed by atoms with E-state index in [-0.39, 0.29) is 18.2 Å². The molecule has 0 aromatic carbocycles. The van der Waals surface area contributed by atoms with Gasteiger partial charge in [0, 0.05) is 0 Å². The molecule has 2 saturated heterocycles. The number of carbonyl (C=O) groups is 1. The minimum Gasteiger partial charge on any atom is -0.450 e. The molecule has 0 aromatic rings. The zero-order valence-corrected chi connectivity index (χ0v) is 7.16. The Kier molecular flexibility index (Phi) is 1.92. The number of morpholine rings is 1. The van der Waals surface area contributed by atoms with Crippen LogP contribution in [0, 0.1) is 0 Å². The summed E-state index contributed by atoms with van der Waals surface area (Å²) in [7, 11) is 0. The second kappa shape index (κ2) is 2.94. The van der Waals surface area contributed by atoms with Crippen LogP contribution >= 0.6 is 0 Å². The van der Waals surface area contributed by atoms with Crippen molar-refractivity contribution >= 4 is 6.09 Å². The standard InChI is InChI=1S/C8H13NO3/c1-2-11-8(10)9-4-7-3-6(9)5-12-7/h6-7H,2-5H2,1H3. The van der Waals surface area contributed by atoms with E-state index in [1.54, 1.807) is 4.90 Å². The van der Waals surface area contributed by atoms with E-state index < -0.39 is 0 Å². The molecular weight excluding hydrogens is 158 g/mol. The molecule has 2 unspecified atom stereocenters. The first-order chi connectivity index (χ1) is 5.81. The van der Waals surface area contributed by atoms with Gasteiger partial charge in [0.2, 0.25) is 0 Å². The molecule has 2 atom stereocenters. The van der Waals surface area contributed by atoms with Gasteiger partial charge in [-0.2, -0.15) is 0 Å². The molecule has 0 N–H and O–H groups in total. The molecule has 0 aromatic heterocycles. The normalized spacial score (nSPS) is 32.6. The summed E-state index contributed by atoms with van der Waals surface area (Å²) in [6.07, 6.45) is 1.06. The van der Waals surface area contributed by atoms with Gasteiger partial charge in [-0.3, -0.25) is 0 Å². The Hall–Kier alpha value is -0.770. The van der Waals surface area contributed by atoms with Crippen molar-refractivity contribution in [1.29, 1.82) is 0 Å². The molecule has 2 bridgehead atoms. The van der Waals surface area contributed by atoms with Gasteiger partial charge >= 0.3 is 6.09 Å². The third kappa shape index (κ3) is 1.16. The molecule has 0 aliphatic carbocycles. The van der Waals surface area contributed by atoms with Crippen LogP contribution in [0.15, 0.2) is 0 Å². The molecule has 68 valence electrons. The van der Waals surface area contributed by atoms with Crippen LogP contribution in [0.25, 0.3) is 0 Å². The lowest BCUT2D eigenvalue weighted by molar-refractivity contribution is 0.0236. The lowest BCUT2D eigenvalue weighted by atomic mass is 10.2. The maximum Gasteiger partial charge on any atom is 0.410 e. The van der Waals surface area contributed by atoms with E-state index >= 15 is 0 Å². The molecule has 0 radical (unpaired) electrons. The summed E-state index contributed by atoms with van der Waals surface area (Å²) >= 11 is 0. The summed E-state index contributed by atoms with van der Waals surface area (Å²) in [6.45, 7) is 3.67. The molecule has 2 aliphatic heterocycles. The Morgan fingerprint density at radius 2 is 2.58 bits per heavy atom. The van der Waals surface area contributed by atoms with Crippen LogP contribution in [-0.4, -0.2) is 42.9 Å². The molecule has 2 aliphatic rings. The van der Waals surface area contributed by atoms with Crippen LogP contribution < -0.4 is 0 Å². The third-order valence-corrected chi connectivity index (χ3v) is 2.40. The molecule has 2 heterocycles. The Labute approximate surface area is 71.4 Å². The lowest BCUT2D eigenvalue weighted by Crippen LogP contribution is -2.41. The van der Waals surface area contributed by atoms with Gasteiger partial charge in [0.1, 0.15) is 0 Å². The minimum absolute atomic E-state index is 0.187. The van der Waals surface area contributed by atoms with Crippen LogP contribution in [0.5, 0.6) is 0 Å². The number of fused-ring (bicyclic) bond motifs is 2. The lowest BCUT2D eigenvalue weighted by Gasteiger charge is -2.25. The zero-order valence-electron chi connectivity index (χ0n) is 7.16. The quantitative estimate of drug-likeness (QED) is 0.580. The van der Waals surface area contributed by atoms with Crippen LogP contribution in [0.4, 0.5) is 4.79 Å². The van der Waals surface area contributed by atoms with Gasteiger partial charge in [-0.05, 0) is 13.3 Å². The van der Waals surface area contributed by atoms with Crippen molar-refractivity contribution in [2.75, 3.05) is 19.8 Å². The minimum atomic E-state index is -0.187. The number of carbonyl (C=O) groups excluding carboxylic acids is 1. The van der Waals surface area contributed by atoms with Crippen LogP contribution in [0.1, 0.15) is 13.3 Å². The van der Waals surface area contributed by atoms with Crippen molar-refractivity contribution in [3.05, 3.63) is 0 Å². The van der Waals surface area contributed by atoms with Crippen molar-refractivity contribution in [3.8, 4) is 0 Å². The third-order valence-electron chi connectivity index (χ3n) is 2.40. The Balaban J connectivity index is 1.93. The van der Waals surface area contributed by atoms with Crippen molar-refractivity contribution in [2.24, 2.45) is 0 Å². The highest BCUT2D eigenvalue weighted by atomic mass is 16.6. The smallest absolute Gasteiger partial charge is 0.410 e. The maximum absolute atomic E-state index is 11.3. The summed E-state index contributed by atoms with van der Waals surface area (Å²) in [5.41, 5.74) is 0. The predicted octanol–water partition coefficient (Wildman–Crippen LogP) is 0.616. The highest BCUT2D eigenvalue weighted by Gasteiger charge is 2.42. The first kappa shape index (κ1) is 7.86. The number of hydrogen-bond acceptors (Lipinski definition) is 3. The molecule has 2 fully saturated rings. The van der Waals surface area contributed by atoms with E-state index in [1.807, 2.05) is 6.92 Å². The maximum atomic E-state index is 11.3. The Bertz CT molecular complexity index is 195. The Morgan fingerprint density at radius 1 is 1.75 bits per heavy atom. The van der Waals surface area contributed by atoms with Gasteiger partial charge in [0.05, 0.1) is 31.9 Å². The first-order valence-electron chi connectivity index (χ1n) is 4.36. The molecule has 4 nitrogen and oxygen atoms in total. The van der Waals surface area contributed by atoms with E-state index in [1.165, 1.54) is 0 Å². The fourth-order valence-electron chi connectivity index (χ4n) is 1.83. The second-order valence-electron chi connectivity index (χ2n) is 3.20. The number of rotatable bonds is 1. The Morgan fingerprint density at radius 3 is 3.08 bits per heavy atom. The summed E-state index contributed by atoms with van der Waals surface area (Å²) in [6, 6.07) is 0.272. The zero-order chi connectivity index (χ0) is 8.55. The predicted molar refractivity (Wildman–Crippen MR) is 41.9 cm³/mol. The first-order valence-corrected chi connectivity index (χ1v) is 4.36. The van der Waals surface area contributed by atoms with Gasteiger partial charge < -0.3 is 14.4 Å². The fraction of sp³-hybridized carbons (Fsp3) is 0.875. The van der Waals surface area contributed by atoms with E-state index in [0.717, 1.165) is 6.42 Å². The SMILES string of the molecule is CCOC(=O)N1CC2CC1CO2. The molecule has 4 heteroatoms. The largest absolute Gasteiger partial charge is 0.450 e. The molecule has 0 spiro atoms. The summed E-state index contributed by atoms with van der Waals surface area (Å²) in [4.78, 5) is 13.1. The van der Waals surface area contributed by atoms with Gasteiger partial charge in [0.25, 0.3) is 0 Å². The van der Waals surface area contributed by atoms with Crippen LogP contribution in [0.2, 0.25) is 0 Å². The summed E-state index contributed by atoms with van der Waals surface area (Å²) in [5, 5.41) is 0. The van der Waals surface area contributed by atoms with Gasteiger partial charge in [0.15, 0.2) is 0 Å². The average molecular weight is 171 g/mol. The topological polar surface area (TPSA) is 38.8 Å². The van der Waals surface area contributed by atoms with Crippen LogP contribution in [0.3, 0.4) is 0 Å². The van der Waals surface area contributed by atoms with E-state index in [0.29, 0.717) is 19.8 Å². The average Bonchev–Trinajstić information content (AvgIpc) is 2.64. The monoisotopic (exact) mass is 171 g/mol. The van der Waals surface area contributed by atoms with E-state index in [4.69, 9.17) is 9.47 Å². The van der Waals surface area contributed by atoms with Crippen molar-refractivity contribution in [1.82, 2.24) is 4.90 Å². The summed E-state index contributed by atoms with van der Waals surface area (Å²) < 4.78 is 10.3. The van der Waals surface area contributed by atoms with Gasteiger partial charge in [-0.1, -0.05) is 0 Å². The fourth-order valence-corrected chi connectivity index (χ4v) is 1.83. The van der Waals surface area contributed by atoms with Crippen molar-refractivity contribution in [3.63, 3.8) is 0 Å². The van der Waals surface area contributed by atoms with Crippen molar-refractivity contribution < 1.29 is 14.3 Å². The number of hydrogen-bond donors (Lipinski definition) is 0. The number of ether oxygens (including phenoxy) is 2. The number of nitrogens with zero attached hydrogens (tertiary/aromatic N) is 1. The van der Waals surface area contributed by atoms with Crippen LogP contribution in [-0.2, 0) is 9.47 Å². The molecule has 12 heavy (non-hydrogen) atoms. The molecule has 1 amide bonds. The molecule has 0 saturated carbocycles. The summed E-state index contributed by atoms with van der Waals surface area (Å²) in [5.74, 6) is 0. The number of likely N-dealkylation sites (tertiary alicyclic amines) is 1. The second-order valence-corrected chi connectivity index (χ2v) is 3.20.